The molecule has 0 amide bonds. The summed E-state index contributed by atoms with van der Waals surface area (Å²) in [6.45, 7) is 0. The molecule has 0 aliphatic rings. The van der Waals surface area contributed by atoms with Crippen LogP contribution in [0.4, 0.5) is 0 Å². The van der Waals surface area contributed by atoms with E-state index in [0.29, 0.717) is 0 Å². The Hall–Kier alpha value is -1.57. The van der Waals surface area contributed by atoms with Crippen LogP contribution in [-0.2, 0) is 0 Å². The molecule has 3 aromatic carbocycles. The van der Waals surface area contributed by atoms with Crippen LogP contribution in [0, 0.1) is 0 Å². The van der Waals surface area contributed by atoms with Crippen molar-refractivity contribution >= 4 is 27.5 Å². The Morgan fingerprint density at radius 2 is 1.30 bits per heavy atom. The fraction of sp³-hybridized carbons (Fsp3) is 0. The van der Waals surface area contributed by atoms with E-state index in [1.165, 1.54) is 11.1 Å². The average molecular weight is 344 g/mol. The zero-order valence-corrected chi connectivity index (χ0v) is 13.0. The molecular formula is C18H12BrCl. The van der Waals surface area contributed by atoms with Crippen molar-refractivity contribution in [2.75, 3.05) is 0 Å². The summed E-state index contributed by atoms with van der Waals surface area (Å²) < 4.78 is 1.01. The van der Waals surface area contributed by atoms with E-state index >= 15 is 0 Å². The molecule has 0 unspecified atom stereocenters. The summed E-state index contributed by atoms with van der Waals surface area (Å²) in [6, 6.07) is 24.6. The van der Waals surface area contributed by atoms with Crippen molar-refractivity contribution in [3.63, 3.8) is 0 Å². The largest absolute Gasteiger partial charge is 0.0836 e. The Morgan fingerprint density at radius 3 is 2.00 bits per heavy atom. The zero-order valence-electron chi connectivity index (χ0n) is 10.7. The highest BCUT2D eigenvalue weighted by Crippen LogP contribution is 2.39. The van der Waals surface area contributed by atoms with Gasteiger partial charge in [-0.2, -0.15) is 0 Å². The molecule has 0 fully saturated rings. The number of hydrogen-bond donors (Lipinski definition) is 0. The molecule has 0 N–H and O–H groups in total. The summed E-state index contributed by atoms with van der Waals surface area (Å²) in [7, 11) is 0. The van der Waals surface area contributed by atoms with E-state index in [1.54, 1.807) is 0 Å². The standard InChI is InChI=1S/C18H12BrCl/c19-16-11-6-12-17(20)18(16)15-10-5-4-9-14(15)13-7-2-1-3-8-13/h1-12H. The minimum Gasteiger partial charge on any atom is -0.0836 e. The summed E-state index contributed by atoms with van der Waals surface area (Å²) in [5, 5.41) is 0.753. The third-order valence-electron chi connectivity index (χ3n) is 3.24. The maximum Gasteiger partial charge on any atom is 0.0495 e. The minimum absolute atomic E-state index is 0.753. The molecule has 0 bridgehead atoms. The Balaban J connectivity index is 2.26. The first-order valence-corrected chi connectivity index (χ1v) is 7.53. The first-order chi connectivity index (χ1) is 9.77. The van der Waals surface area contributed by atoms with Gasteiger partial charge in [0.2, 0.25) is 0 Å². The fourth-order valence-electron chi connectivity index (χ4n) is 2.33. The molecule has 0 aliphatic heterocycles. The van der Waals surface area contributed by atoms with Crippen LogP contribution in [0.5, 0.6) is 0 Å². The molecule has 0 radical (unpaired) electrons. The second-order valence-corrected chi connectivity index (χ2v) is 5.77. The lowest BCUT2D eigenvalue weighted by molar-refractivity contribution is 1.56. The van der Waals surface area contributed by atoms with Gasteiger partial charge in [0.05, 0.1) is 0 Å². The maximum atomic E-state index is 6.39. The van der Waals surface area contributed by atoms with E-state index in [2.05, 4.69) is 46.3 Å². The van der Waals surface area contributed by atoms with E-state index < -0.39 is 0 Å². The van der Waals surface area contributed by atoms with Gasteiger partial charge >= 0.3 is 0 Å². The molecule has 0 aliphatic carbocycles. The fourth-order valence-corrected chi connectivity index (χ4v) is 3.30. The molecule has 0 nitrogen and oxygen atoms in total. The van der Waals surface area contributed by atoms with Crippen LogP contribution in [0.15, 0.2) is 77.3 Å². The molecular weight excluding hydrogens is 332 g/mol. The van der Waals surface area contributed by atoms with Gasteiger partial charge in [0.15, 0.2) is 0 Å². The lowest BCUT2D eigenvalue weighted by atomic mass is 9.95. The highest BCUT2D eigenvalue weighted by Gasteiger charge is 2.12. The quantitative estimate of drug-likeness (QED) is 0.502. The van der Waals surface area contributed by atoms with Crippen molar-refractivity contribution in [1.82, 2.24) is 0 Å². The number of rotatable bonds is 2. The van der Waals surface area contributed by atoms with Crippen LogP contribution in [-0.4, -0.2) is 0 Å². The molecule has 0 heterocycles. The van der Waals surface area contributed by atoms with Gasteiger partial charge in [-0.15, -0.1) is 0 Å². The Kier molecular flexibility index (Phi) is 3.90. The molecule has 20 heavy (non-hydrogen) atoms. The first kappa shape index (κ1) is 13.4. The second-order valence-electron chi connectivity index (χ2n) is 4.51. The van der Waals surface area contributed by atoms with Gasteiger partial charge in [-0.1, -0.05) is 88.2 Å². The van der Waals surface area contributed by atoms with Gasteiger partial charge in [-0.25, -0.2) is 0 Å². The van der Waals surface area contributed by atoms with Crippen LogP contribution >= 0.6 is 27.5 Å². The van der Waals surface area contributed by atoms with Crippen LogP contribution in [0.25, 0.3) is 22.3 Å². The van der Waals surface area contributed by atoms with Gasteiger partial charge in [-0.05, 0) is 28.8 Å². The van der Waals surface area contributed by atoms with E-state index in [0.717, 1.165) is 20.6 Å². The summed E-state index contributed by atoms with van der Waals surface area (Å²) in [6.07, 6.45) is 0. The molecule has 0 atom stereocenters. The van der Waals surface area contributed by atoms with Crippen molar-refractivity contribution < 1.29 is 0 Å². The zero-order chi connectivity index (χ0) is 13.9. The molecule has 2 heteroatoms. The smallest absolute Gasteiger partial charge is 0.0495 e. The van der Waals surface area contributed by atoms with Gasteiger partial charge in [0, 0.05) is 15.1 Å². The Bertz CT molecular complexity index is 715. The van der Waals surface area contributed by atoms with Crippen molar-refractivity contribution in [3.8, 4) is 22.3 Å². The molecule has 98 valence electrons. The van der Waals surface area contributed by atoms with Gasteiger partial charge in [0.25, 0.3) is 0 Å². The highest BCUT2D eigenvalue weighted by molar-refractivity contribution is 9.10. The van der Waals surface area contributed by atoms with Gasteiger partial charge in [-0.3, -0.25) is 0 Å². The summed E-state index contributed by atoms with van der Waals surface area (Å²) in [5.74, 6) is 0. The maximum absolute atomic E-state index is 6.39. The van der Waals surface area contributed by atoms with Crippen LogP contribution < -0.4 is 0 Å². The minimum atomic E-state index is 0.753. The lowest BCUT2D eigenvalue weighted by Crippen LogP contribution is -1.87. The molecule has 0 spiro atoms. The normalized spacial score (nSPS) is 10.5. The summed E-state index contributed by atoms with van der Waals surface area (Å²) >= 11 is 10.00. The summed E-state index contributed by atoms with van der Waals surface area (Å²) in [4.78, 5) is 0. The topological polar surface area (TPSA) is 0 Å². The van der Waals surface area contributed by atoms with Crippen LogP contribution in [0.2, 0.25) is 5.02 Å². The predicted molar refractivity (Wildman–Crippen MR) is 90.0 cm³/mol. The molecule has 0 saturated carbocycles. The Labute approximate surface area is 132 Å². The number of halogens is 2. The Morgan fingerprint density at radius 1 is 0.650 bits per heavy atom. The molecule has 3 aromatic rings. The monoisotopic (exact) mass is 342 g/mol. The van der Waals surface area contributed by atoms with Gasteiger partial charge in [0.1, 0.15) is 0 Å². The highest BCUT2D eigenvalue weighted by atomic mass is 79.9. The van der Waals surface area contributed by atoms with E-state index in [1.807, 2.05) is 42.5 Å². The molecule has 0 aromatic heterocycles. The molecule has 0 saturated heterocycles. The SMILES string of the molecule is Clc1cccc(Br)c1-c1ccccc1-c1ccccc1. The van der Waals surface area contributed by atoms with Crippen molar-refractivity contribution in [2.24, 2.45) is 0 Å². The van der Waals surface area contributed by atoms with E-state index in [-0.39, 0.29) is 0 Å². The number of hydrogen-bond acceptors (Lipinski definition) is 0. The first-order valence-electron chi connectivity index (χ1n) is 6.36. The predicted octanol–water partition coefficient (Wildman–Crippen LogP) is 6.44. The van der Waals surface area contributed by atoms with Crippen molar-refractivity contribution in [2.45, 2.75) is 0 Å². The third-order valence-corrected chi connectivity index (χ3v) is 4.22. The van der Waals surface area contributed by atoms with E-state index in [4.69, 9.17) is 11.6 Å². The number of benzene rings is 3. The molecule has 3 rings (SSSR count). The van der Waals surface area contributed by atoms with Crippen molar-refractivity contribution in [3.05, 3.63) is 82.3 Å². The lowest BCUT2D eigenvalue weighted by Gasteiger charge is -2.13. The van der Waals surface area contributed by atoms with Crippen molar-refractivity contribution in [1.29, 1.82) is 0 Å². The third kappa shape index (κ3) is 2.52. The van der Waals surface area contributed by atoms with E-state index in [9.17, 15) is 0 Å². The second kappa shape index (κ2) is 5.82. The van der Waals surface area contributed by atoms with Crippen LogP contribution in [0.1, 0.15) is 0 Å². The summed E-state index contributed by atoms with van der Waals surface area (Å²) in [5.41, 5.74) is 4.54. The van der Waals surface area contributed by atoms with Crippen LogP contribution in [0.3, 0.4) is 0 Å². The average Bonchev–Trinajstić information content (AvgIpc) is 2.48. The van der Waals surface area contributed by atoms with Gasteiger partial charge < -0.3 is 0 Å².